The van der Waals surface area contributed by atoms with Gasteiger partial charge in [-0.05, 0) is 63.1 Å². The minimum atomic E-state index is -0.916. The van der Waals surface area contributed by atoms with Gasteiger partial charge in [-0.15, -0.1) is 0 Å². The molecule has 166 valence electrons. The van der Waals surface area contributed by atoms with Gasteiger partial charge in [0.25, 0.3) is 11.8 Å². The lowest BCUT2D eigenvalue weighted by molar-refractivity contribution is -0.128. The van der Waals surface area contributed by atoms with E-state index in [0.29, 0.717) is 22.2 Å². The molecule has 0 fully saturated rings. The third-order valence-corrected chi connectivity index (χ3v) is 4.93. The number of halogens is 1. The van der Waals surface area contributed by atoms with Crippen molar-refractivity contribution in [2.45, 2.75) is 33.8 Å². The number of carbonyl (C=O) groups excluding carboxylic acids is 2. The van der Waals surface area contributed by atoms with Crippen LogP contribution in [0.2, 0.25) is 5.02 Å². The Morgan fingerprint density at radius 1 is 1.03 bits per heavy atom. The third-order valence-electron chi connectivity index (χ3n) is 4.71. The number of aryl methyl sites for hydroxylation is 3. The zero-order valence-corrected chi connectivity index (χ0v) is 18.9. The molecule has 1 atom stereocenters. The molecule has 0 saturated heterocycles. The van der Waals surface area contributed by atoms with E-state index in [9.17, 15) is 14.4 Å². The van der Waals surface area contributed by atoms with E-state index >= 15 is 0 Å². The molecule has 0 saturated carbocycles. The number of aromatic nitrogens is 2. The molecule has 0 aliphatic heterocycles. The molecule has 2 amide bonds. The number of hydrogen-bond acceptors (Lipinski definition) is 5. The van der Waals surface area contributed by atoms with E-state index in [4.69, 9.17) is 16.3 Å². The number of hydrazine groups is 1. The molecule has 0 spiro atoms. The Labute approximate surface area is 190 Å². The quantitative estimate of drug-likeness (QED) is 0.577. The number of para-hydroxylation sites is 1. The van der Waals surface area contributed by atoms with Gasteiger partial charge in [-0.3, -0.25) is 25.2 Å². The molecule has 3 aromatic rings. The number of benzene rings is 2. The highest BCUT2D eigenvalue weighted by Crippen LogP contribution is 2.27. The van der Waals surface area contributed by atoms with E-state index in [2.05, 4.69) is 16.0 Å². The second-order valence-electron chi connectivity index (χ2n) is 7.32. The number of nitrogens with one attached hydrogen (secondary N) is 2. The fraction of sp³-hybridized carbons (Fsp3) is 0.217. The highest BCUT2D eigenvalue weighted by atomic mass is 35.5. The summed E-state index contributed by atoms with van der Waals surface area (Å²) in [5.74, 6) is -0.893. The van der Waals surface area contributed by atoms with Crippen molar-refractivity contribution in [1.82, 2.24) is 20.6 Å². The van der Waals surface area contributed by atoms with Crippen molar-refractivity contribution in [1.29, 1.82) is 0 Å². The van der Waals surface area contributed by atoms with E-state index in [1.807, 2.05) is 32.0 Å². The Morgan fingerprint density at radius 3 is 2.28 bits per heavy atom. The van der Waals surface area contributed by atoms with Crippen LogP contribution in [0.3, 0.4) is 0 Å². The van der Waals surface area contributed by atoms with Gasteiger partial charge in [0.15, 0.2) is 11.8 Å². The topological polar surface area (TPSA) is 102 Å². The zero-order valence-electron chi connectivity index (χ0n) is 18.1. The number of rotatable bonds is 5. The van der Waals surface area contributed by atoms with E-state index < -0.39 is 23.3 Å². The first-order valence-corrected chi connectivity index (χ1v) is 10.2. The van der Waals surface area contributed by atoms with Gasteiger partial charge in [-0.2, -0.15) is 5.10 Å². The van der Waals surface area contributed by atoms with Crippen LogP contribution in [0.25, 0.3) is 5.69 Å². The van der Waals surface area contributed by atoms with Gasteiger partial charge in [-0.25, -0.2) is 4.68 Å². The fourth-order valence-electron chi connectivity index (χ4n) is 3.13. The zero-order chi connectivity index (χ0) is 23.4. The number of carbonyl (C=O) groups is 2. The van der Waals surface area contributed by atoms with E-state index in [1.54, 1.807) is 38.1 Å². The van der Waals surface area contributed by atoms with Gasteiger partial charge in [0, 0.05) is 16.8 Å². The van der Waals surface area contributed by atoms with Crippen LogP contribution in [0.4, 0.5) is 0 Å². The maximum atomic E-state index is 12.5. The van der Waals surface area contributed by atoms with Crippen LogP contribution < -0.4 is 21.0 Å². The average molecular weight is 455 g/mol. The largest absolute Gasteiger partial charge is 0.480 e. The third kappa shape index (κ3) is 5.15. The van der Waals surface area contributed by atoms with Crippen molar-refractivity contribution in [2.24, 2.45) is 0 Å². The summed E-state index contributed by atoms with van der Waals surface area (Å²) in [4.78, 5) is 37.3. The molecule has 0 aliphatic rings. The smallest absolute Gasteiger partial charge is 0.294 e. The van der Waals surface area contributed by atoms with Gasteiger partial charge in [0.05, 0.1) is 5.69 Å². The lowest BCUT2D eigenvalue weighted by Crippen LogP contribution is -2.48. The molecule has 32 heavy (non-hydrogen) atoms. The lowest BCUT2D eigenvalue weighted by atomic mass is 10.1. The predicted octanol–water partition coefficient (Wildman–Crippen LogP) is 3.04. The maximum Gasteiger partial charge on any atom is 0.294 e. The number of ether oxygens (including phenoxy) is 1. The lowest BCUT2D eigenvalue weighted by Gasteiger charge is -2.18. The van der Waals surface area contributed by atoms with Gasteiger partial charge in [-0.1, -0.05) is 29.8 Å². The highest BCUT2D eigenvalue weighted by molar-refractivity contribution is 6.30. The van der Waals surface area contributed by atoms with Crippen molar-refractivity contribution in [3.05, 3.63) is 86.3 Å². The SMILES string of the molecule is Cc1cc(Cl)cc(C)c1O[C@@H](C)C(=O)NNC(=O)c1nn(-c2ccccc2)c(C)cc1=O. The molecule has 0 unspecified atom stereocenters. The highest BCUT2D eigenvalue weighted by Gasteiger charge is 2.20. The van der Waals surface area contributed by atoms with Crippen molar-refractivity contribution in [2.75, 3.05) is 0 Å². The summed E-state index contributed by atoms with van der Waals surface area (Å²) >= 11 is 6.02. The van der Waals surface area contributed by atoms with Crippen molar-refractivity contribution in [3.63, 3.8) is 0 Å². The Morgan fingerprint density at radius 2 is 1.66 bits per heavy atom. The van der Waals surface area contributed by atoms with Crippen molar-refractivity contribution in [3.8, 4) is 11.4 Å². The molecule has 1 heterocycles. The van der Waals surface area contributed by atoms with Gasteiger partial charge >= 0.3 is 0 Å². The number of amides is 2. The second kappa shape index (κ2) is 9.65. The monoisotopic (exact) mass is 454 g/mol. The number of nitrogens with zero attached hydrogens (tertiary/aromatic N) is 2. The Hall–Kier alpha value is -3.65. The molecular formula is C23H23ClN4O4. The first kappa shape index (κ1) is 23.0. The minimum Gasteiger partial charge on any atom is -0.480 e. The van der Waals surface area contributed by atoms with Crippen LogP contribution in [0.1, 0.15) is 34.2 Å². The standard InChI is InChI=1S/C23H23ClN4O4/c1-13-10-17(24)11-14(2)21(13)32-16(4)22(30)25-26-23(31)20-19(29)12-15(3)28(27-20)18-8-6-5-7-9-18/h5-12,16H,1-4H3,(H,25,30)(H,26,31)/t16-/m0/s1. The molecule has 0 bridgehead atoms. The van der Waals surface area contributed by atoms with Crippen molar-refractivity contribution < 1.29 is 14.3 Å². The molecule has 8 nitrogen and oxygen atoms in total. The first-order chi connectivity index (χ1) is 15.2. The Kier molecular flexibility index (Phi) is 6.95. The molecule has 0 radical (unpaired) electrons. The van der Waals surface area contributed by atoms with E-state index in [1.165, 1.54) is 10.7 Å². The Bertz CT molecular complexity index is 1200. The normalized spacial score (nSPS) is 11.5. The summed E-state index contributed by atoms with van der Waals surface area (Å²) < 4.78 is 7.23. The number of hydrogen-bond donors (Lipinski definition) is 2. The molecule has 0 aliphatic carbocycles. The van der Waals surface area contributed by atoms with Crippen LogP contribution in [0.5, 0.6) is 5.75 Å². The molecule has 9 heteroatoms. The fourth-order valence-corrected chi connectivity index (χ4v) is 3.46. The van der Waals surface area contributed by atoms with Gasteiger partial charge < -0.3 is 4.74 Å². The van der Waals surface area contributed by atoms with Crippen LogP contribution in [-0.4, -0.2) is 27.7 Å². The summed E-state index contributed by atoms with van der Waals surface area (Å²) in [5.41, 5.74) is 6.42. The maximum absolute atomic E-state index is 12.5. The summed E-state index contributed by atoms with van der Waals surface area (Å²) in [7, 11) is 0. The van der Waals surface area contributed by atoms with E-state index in [0.717, 1.165) is 11.1 Å². The molecule has 2 N–H and O–H groups in total. The van der Waals surface area contributed by atoms with Crippen LogP contribution in [-0.2, 0) is 4.79 Å². The minimum absolute atomic E-state index is 0.349. The summed E-state index contributed by atoms with van der Waals surface area (Å²) in [6.07, 6.45) is -0.916. The summed E-state index contributed by atoms with van der Waals surface area (Å²) in [6.45, 7) is 6.90. The molecular weight excluding hydrogens is 432 g/mol. The van der Waals surface area contributed by atoms with Crippen molar-refractivity contribution >= 4 is 23.4 Å². The molecule has 1 aromatic heterocycles. The van der Waals surface area contributed by atoms with Crippen LogP contribution >= 0.6 is 11.6 Å². The van der Waals surface area contributed by atoms with Gasteiger partial charge in [0.2, 0.25) is 5.43 Å². The van der Waals surface area contributed by atoms with Crippen LogP contribution in [0.15, 0.2) is 53.3 Å². The van der Waals surface area contributed by atoms with E-state index in [-0.39, 0.29) is 5.69 Å². The average Bonchev–Trinajstić information content (AvgIpc) is 2.74. The second-order valence-corrected chi connectivity index (χ2v) is 7.75. The van der Waals surface area contributed by atoms with Crippen LogP contribution in [0, 0.1) is 20.8 Å². The molecule has 3 rings (SSSR count). The van der Waals surface area contributed by atoms with Gasteiger partial charge in [0.1, 0.15) is 5.75 Å². The first-order valence-electron chi connectivity index (χ1n) is 9.87. The predicted molar refractivity (Wildman–Crippen MR) is 121 cm³/mol. The summed E-state index contributed by atoms with van der Waals surface area (Å²) in [6, 6.07) is 13.9. The Balaban J connectivity index is 1.70. The molecule has 2 aromatic carbocycles. The summed E-state index contributed by atoms with van der Waals surface area (Å²) in [5, 5.41) is 4.73.